The summed E-state index contributed by atoms with van der Waals surface area (Å²) in [5, 5.41) is 5.86. The Morgan fingerprint density at radius 1 is 1.33 bits per heavy atom. The lowest BCUT2D eigenvalue weighted by atomic mass is 9.95. The van der Waals surface area contributed by atoms with Crippen molar-refractivity contribution in [3.8, 4) is 0 Å². The molecular weight excluding hydrogens is 302 g/mol. The Labute approximate surface area is 143 Å². The van der Waals surface area contributed by atoms with Gasteiger partial charge in [-0.05, 0) is 68.2 Å². The van der Waals surface area contributed by atoms with Gasteiger partial charge in [0.15, 0.2) is 0 Å². The maximum absolute atomic E-state index is 12.6. The highest BCUT2D eigenvalue weighted by Gasteiger charge is 2.24. The van der Waals surface area contributed by atoms with Crippen LogP contribution in [0.1, 0.15) is 36.5 Å². The first-order valence-corrected chi connectivity index (χ1v) is 8.68. The Kier molecular flexibility index (Phi) is 5.00. The van der Waals surface area contributed by atoms with E-state index in [1.54, 1.807) is 6.20 Å². The van der Waals surface area contributed by atoms with Gasteiger partial charge in [0.25, 0.3) is 0 Å². The topological polar surface area (TPSA) is 61.4 Å². The maximum atomic E-state index is 12.6. The summed E-state index contributed by atoms with van der Waals surface area (Å²) in [7, 11) is 2.09. The third-order valence-electron chi connectivity index (χ3n) is 4.95. The number of piperidine rings is 1. The number of hydrogen-bond acceptors (Lipinski definition) is 3. The maximum Gasteiger partial charge on any atom is 0.228 e. The minimum Gasteiger partial charge on any atom is -0.332 e. The standard InChI is InChI=1S/C19H25N3O2/c1-3-13-10-16-12-18(23)20-7-4-15(16)11-17(13)21-19(24)14-5-8-22(2)9-6-14/h4,7,10-11,14H,3,5-6,8-9,12H2,1-2H3,(H,20,23)(H,21,24). The fourth-order valence-electron chi connectivity index (χ4n) is 3.38. The van der Waals surface area contributed by atoms with Crippen LogP contribution in [0.3, 0.4) is 0 Å². The molecule has 0 spiro atoms. The highest BCUT2D eigenvalue weighted by molar-refractivity contribution is 5.94. The molecule has 0 aromatic heterocycles. The van der Waals surface area contributed by atoms with Crippen LogP contribution in [0.2, 0.25) is 0 Å². The number of aryl methyl sites for hydroxylation is 1. The quantitative estimate of drug-likeness (QED) is 0.894. The lowest BCUT2D eigenvalue weighted by Gasteiger charge is -2.28. The van der Waals surface area contributed by atoms with E-state index in [2.05, 4.69) is 35.6 Å². The summed E-state index contributed by atoms with van der Waals surface area (Å²) in [6.07, 6.45) is 6.58. The minimum absolute atomic E-state index is 0.00448. The van der Waals surface area contributed by atoms with E-state index in [0.717, 1.165) is 54.7 Å². The van der Waals surface area contributed by atoms with E-state index in [4.69, 9.17) is 0 Å². The average Bonchev–Trinajstić information content (AvgIpc) is 2.74. The SMILES string of the molecule is CCc1cc2c(cc1NC(=O)C1CCN(C)CC1)C=CNC(=O)C2. The molecule has 0 unspecified atom stereocenters. The number of hydrogen-bond donors (Lipinski definition) is 2. The van der Waals surface area contributed by atoms with Gasteiger partial charge in [-0.2, -0.15) is 0 Å². The molecule has 0 saturated carbocycles. The highest BCUT2D eigenvalue weighted by Crippen LogP contribution is 2.26. The van der Waals surface area contributed by atoms with E-state index in [0.29, 0.717) is 6.42 Å². The molecular formula is C19H25N3O2. The largest absolute Gasteiger partial charge is 0.332 e. The van der Waals surface area contributed by atoms with Crippen molar-refractivity contribution in [2.75, 3.05) is 25.5 Å². The smallest absolute Gasteiger partial charge is 0.228 e. The molecule has 5 nitrogen and oxygen atoms in total. The Hall–Kier alpha value is -2.14. The third-order valence-corrected chi connectivity index (χ3v) is 4.95. The van der Waals surface area contributed by atoms with Crippen molar-refractivity contribution >= 4 is 23.6 Å². The van der Waals surface area contributed by atoms with Crippen molar-refractivity contribution in [1.29, 1.82) is 0 Å². The molecule has 5 heteroatoms. The van der Waals surface area contributed by atoms with Crippen molar-refractivity contribution < 1.29 is 9.59 Å². The van der Waals surface area contributed by atoms with Crippen molar-refractivity contribution in [1.82, 2.24) is 10.2 Å². The zero-order valence-corrected chi connectivity index (χ0v) is 14.4. The molecule has 0 bridgehead atoms. The van der Waals surface area contributed by atoms with Gasteiger partial charge in [-0.3, -0.25) is 9.59 Å². The number of nitrogens with zero attached hydrogens (tertiary/aromatic N) is 1. The number of fused-ring (bicyclic) bond motifs is 1. The number of carbonyl (C=O) groups excluding carboxylic acids is 2. The molecule has 0 radical (unpaired) electrons. The average molecular weight is 327 g/mol. The third kappa shape index (κ3) is 3.67. The molecule has 2 heterocycles. The molecule has 2 aliphatic heterocycles. The summed E-state index contributed by atoms with van der Waals surface area (Å²) in [6, 6.07) is 4.05. The minimum atomic E-state index is -0.00448. The second-order valence-electron chi connectivity index (χ2n) is 6.71. The van der Waals surface area contributed by atoms with Gasteiger partial charge >= 0.3 is 0 Å². The Morgan fingerprint density at radius 2 is 2.08 bits per heavy atom. The second-order valence-corrected chi connectivity index (χ2v) is 6.71. The molecule has 2 amide bonds. The molecule has 1 saturated heterocycles. The molecule has 2 N–H and O–H groups in total. The number of likely N-dealkylation sites (tertiary alicyclic amines) is 1. The van der Waals surface area contributed by atoms with Gasteiger partial charge in [0.05, 0.1) is 6.42 Å². The van der Waals surface area contributed by atoms with E-state index in [1.807, 2.05) is 12.1 Å². The first kappa shape index (κ1) is 16.7. The van der Waals surface area contributed by atoms with E-state index in [1.165, 1.54) is 0 Å². The number of nitrogens with one attached hydrogen (secondary N) is 2. The van der Waals surface area contributed by atoms with Crippen LogP contribution in [0.25, 0.3) is 6.08 Å². The predicted octanol–water partition coefficient (Wildman–Crippen LogP) is 2.17. The number of amides is 2. The van der Waals surface area contributed by atoms with Gasteiger partial charge < -0.3 is 15.5 Å². The summed E-state index contributed by atoms with van der Waals surface area (Å²) in [5.41, 5.74) is 3.96. The lowest BCUT2D eigenvalue weighted by molar-refractivity contribution is -0.121. The van der Waals surface area contributed by atoms with Crippen molar-refractivity contribution in [3.63, 3.8) is 0 Å². The summed E-state index contributed by atoms with van der Waals surface area (Å²) < 4.78 is 0. The highest BCUT2D eigenvalue weighted by atomic mass is 16.2. The van der Waals surface area contributed by atoms with Crippen LogP contribution in [0, 0.1) is 5.92 Å². The van der Waals surface area contributed by atoms with Crippen LogP contribution in [-0.4, -0.2) is 36.9 Å². The summed E-state index contributed by atoms with van der Waals surface area (Å²) >= 11 is 0. The fourth-order valence-corrected chi connectivity index (χ4v) is 3.38. The Balaban J connectivity index is 1.81. The second kappa shape index (κ2) is 7.18. The zero-order chi connectivity index (χ0) is 17.1. The Morgan fingerprint density at radius 3 is 2.79 bits per heavy atom. The van der Waals surface area contributed by atoms with Crippen LogP contribution < -0.4 is 10.6 Å². The van der Waals surface area contributed by atoms with Crippen LogP contribution in [0.4, 0.5) is 5.69 Å². The molecule has 3 rings (SSSR count). The molecule has 24 heavy (non-hydrogen) atoms. The first-order chi connectivity index (χ1) is 11.6. The molecule has 0 atom stereocenters. The van der Waals surface area contributed by atoms with E-state index >= 15 is 0 Å². The van der Waals surface area contributed by atoms with Crippen LogP contribution in [-0.2, 0) is 22.4 Å². The zero-order valence-electron chi connectivity index (χ0n) is 14.4. The number of rotatable bonds is 3. The van der Waals surface area contributed by atoms with Gasteiger partial charge in [0, 0.05) is 17.8 Å². The van der Waals surface area contributed by atoms with Gasteiger partial charge in [-0.1, -0.05) is 13.0 Å². The van der Waals surface area contributed by atoms with E-state index in [9.17, 15) is 9.59 Å². The lowest BCUT2D eigenvalue weighted by Crippen LogP contribution is -2.36. The van der Waals surface area contributed by atoms with Crippen LogP contribution in [0.15, 0.2) is 18.3 Å². The monoisotopic (exact) mass is 327 g/mol. The first-order valence-electron chi connectivity index (χ1n) is 8.68. The molecule has 0 aliphatic carbocycles. The van der Waals surface area contributed by atoms with Crippen molar-refractivity contribution in [2.45, 2.75) is 32.6 Å². The van der Waals surface area contributed by atoms with E-state index in [-0.39, 0.29) is 17.7 Å². The normalized spacial score (nSPS) is 18.7. The van der Waals surface area contributed by atoms with E-state index < -0.39 is 0 Å². The van der Waals surface area contributed by atoms with Crippen molar-refractivity contribution in [3.05, 3.63) is 35.0 Å². The van der Waals surface area contributed by atoms with Crippen molar-refractivity contribution in [2.24, 2.45) is 5.92 Å². The molecule has 1 aromatic rings. The van der Waals surface area contributed by atoms with Gasteiger partial charge in [0.2, 0.25) is 11.8 Å². The summed E-state index contributed by atoms with van der Waals surface area (Å²) in [4.78, 5) is 26.6. The van der Waals surface area contributed by atoms with Gasteiger partial charge in [-0.15, -0.1) is 0 Å². The Bertz CT molecular complexity index is 673. The molecule has 1 aromatic carbocycles. The summed E-state index contributed by atoms with van der Waals surface area (Å²) in [5.74, 6) is 0.197. The molecule has 128 valence electrons. The predicted molar refractivity (Wildman–Crippen MR) is 95.6 cm³/mol. The van der Waals surface area contributed by atoms with Gasteiger partial charge in [-0.25, -0.2) is 0 Å². The number of carbonyl (C=O) groups is 2. The van der Waals surface area contributed by atoms with Crippen LogP contribution in [0.5, 0.6) is 0 Å². The van der Waals surface area contributed by atoms with Gasteiger partial charge in [0.1, 0.15) is 0 Å². The number of benzene rings is 1. The molecule has 2 aliphatic rings. The fraction of sp³-hybridized carbons (Fsp3) is 0.474. The van der Waals surface area contributed by atoms with Crippen LogP contribution >= 0.6 is 0 Å². The molecule has 1 fully saturated rings. The summed E-state index contributed by atoms with van der Waals surface area (Å²) in [6.45, 7) is 4.01. The number of anilines is 1.